The van der Waals surface area contributed by atoms with E-state index in [-0.39, 0.29) is 18.2 Å². The van der Waals surface area contributed by atoms with E-state index in [4.69, 9.17) is 4.74 Å². The lowest BCUT2D eigenvalue weighted by atomic mass is 10.1. The zero-order chi connectivity index (χ0) is 16.8. The Morgan fingerprint density at radius 1 is 1.22 bits per heavy atom. The number of methoxy groups -OCH3 is 1. The minimum absolute atomic E-state index is 0.107. The van der Waals surface area contributed by atoms with Crippen LogP contribution in [0.1, 0.15) is 11.1 Å². The number of carbonyl (C=O) groups excluding carboxylic acids is 1. The van der Waals surface area contributed by atoms with E-state index in [0.717, 1.165) is 16.9 Å². The summed E-state index contributed by atoms with van der Waals surface area (Å²) in [4.78, 5) is 14.0. The first-order valence-corrected chi connectivity index (χ1v) is 7.39. The average molecular weight is 314 g/mol. The highest BCUT2D eigenvalue weighted by atomic mass is 16.5. The molecule has 0 saturated carbocycles. The summed E-state index contributed by atoms with van der Waals surface area (Å²) in [7, 11) is 3.53. The first kappa shape index (κ1) is 16.8. The van der Waals surface area contributed by atoms with Crippen LogP contribution in [0.3, 0.4) is 0 Å². The molecule has 122 valence electrons. The number of aryl methyl sites for hydroxylation is 1. The third-order valence-corrected chi connectivity index (χ3v) is 3.44. The Balaban J connectivity index is 1.93. The fourth-order valence-corrected chi connectivity index (χ4v) is 2.37. The number of benzene rings is 2. The van der Waals surface area contributed by atoms with Crippen LogP contribution in [0.4, 0.5) is 5.69 Å². The molecule has 0 saturated heterocycles. The van der Waals surface area contributed by atoms with Crippen LogP contribution >= 0.6 is 0 Å². The van der Waals surface area contributed by atoms with Gasteiger partial charge in [0.15, 0.2) is 0 Å². The van der Waals surface area contributed by atoms with E-state index in [2.05, 4.69) is 11.4 Å². The highest BCUT2D eigenvalue weighted by Gasteiger charge is 2.10. The highest BCUT2D eigenvalue weighted by molar-refractivity contribution is 5.92. The fraction of sp³-hybridized carbons (Fsp3) is 0.278. The molecule has 0 aliphatic heterocycles. The maximum Gasteiger partial charge on any atom is 0.238 e. The van der Waals surface area contributed by atoms with E-state index in [9.17, 15) is 9.90 Å². The number of hydrogen-bond acceptors (Lipinski definition) is 4. The van der Waals surface area contributed by atoms with Gasteiger partial charge in [0, 0.05) is 17.8 Å². The Labute approximate surface area is 136 Å². The van der Waals surface area contributed by atoms with Crippen LogP contribution in [0, 0.1) is 6.92 Å². The summed E-state index contributed by atoms with van der Waals surface area (Å²) in [5.41, 5.74) is 2.87. The first-order valence-electron chi connectivity index (χ1n) is 7.39. The predicted molar refractivity (Wildman–Crippen MR) is 90.8 cm³/mol. The number of aromatic hydroxyl groups is 1. The first-order chi connectivity index (χ1) is 11.0. The third kappa shape index (κ3) is 5.00. The Kier molecular flexibility index (Phi) is 5.60. The summed E-state index contributed by atoms with van der Waals surface area (Å²) in [6, 6.07) is 12.4. The highest BCUT2D eigenvalue weighted by Crippen LogP contribution is 2.21. The molecule has 1 amide bonds. The van der Waals surface area contributed by atoms with Crippen LogP contribution in [0.25, 0.3) is 0 Å². The van der Waals surface area contributed by atoms with Gasteiger partial charge in [-0.05, 0) is 44.3 Å². The molecule has 0 spiro atoms. The van der Waals surface area contributed by atoms with E-state index in [1.165, 1.54) is 12.1 Å². The average Bonchev–Trinajstić information content (AvgIpc) is 2.49. The van der Waals surface area contributed by atoms with E-state index in [0.29, 0.717) is 12.2 Å². The van der Waals surface area contributed by atoms with E-state index in [1.807, 2.05) is 31.0 Å². The van der Waals surface area contributed by atoms with Gasteiger partial charge < -0.3 is 15.2 Å². The SMILES string of the molecule is COc1ccc(C)cc1CN(C)CC(=O)Nc1ccc(O)cc1. The molecule has 0 aliphatic carbocycles. The Morgan fingerprint density at radius 3 is 2.57 bits per heavy atom. The molecule has 2 aromatic carbocycles. The minimum atomic E-state index is -0.107. The number of hydrogen-bond donors (Lipinski definition) is 2. The number of anilines is 1. The zero-order valence-electron chi connectivity index (χ0n) is 13.7. The van der Waals surface area contributed by atoms with Gasteiger partial charge >= 0.3 is 0 Å². The molecule has 0 aromatic heterocycles. The number of likely N-dealkylation sites (N-methyl/N-ethyl adjacent to an activating group) is 1. The van der Waals surface area contributed by atoms with E-state index >= 15 is 0 Å². The van der Waals surface area contributed by atoms with Crippen molar-refractivity contribution in [1.29, 1.82) is 0 Å². The molecule has 5 heteroatoms. The van der Waals surface area contributed by atoms with Crippen molar-refractivity contribution >= 4 is 11.6 Å². The minimum Gasteiger partial charge on any atom is -0.508 e. The molecule has 0 bridgehead atoms. The molecular formula is C18H22N2O3. The number of nitrogens with one attached hydrogen (secondary N) is 1. The topological polar surface area (TPSA) is 61.8 Å². The lowest BCUT2D eigenvalue weighted by Gasteiger charge is -2.18. The van der Waals surface area contributed by atoms with E-state index in [1.54, 1.807) is 19.2 Å². The summed E-state index contributed by atoms with van der Waals surface area (Å²) in [5, 5.41) is 12.0. The van der Waals surface area contributed by atoms with Gasteiger partial charge in [0.1, 0.15) is 11.5 Å². The van der Waals surface area contributed by atoms with Gasteiger partial charge in [-0.15, -0.1) is 0 Å². The normalized spacial score (nSPS) is 10.6. The van der Waals surface area contributed by atoms with Crippen molar-refractivity contribution in [2.75, 3.05) is 26.0 Å². The van der Waals surface area contributed by atoms with E-state index < -0.39 is 0 Å². The molecule has 0 radical (unpaired) electrons. The van der Waals surface area contributed by atoms with Crippen molar-refractivity contribution in [2.45, 2.75) is 13.5 Å². The maximum absolute atomic E-state index is 12.1. The van der Waals surface area contributed by atoms with Gasteiger partial charge in [-0.1, -0.05) is 17.7 Å². The summed E-state index contributed by atoms with van der Waals surface area (Å²) in [5.74, 6) is 0.887. The van der Waals surface area contributed by atoms with Crippen LogP contribution in [0.15, 0.2) is 42.5 Å². The molecule has 0 heterocycles. The lowest BCUT2D eigenvalue weighted by molar-refractivity contribution is -0.117. The second-order valence-corrected chi connectivity index (χ2v) is 5.58. The molecule has 0 unspecified atom stereocenters. The largest absolute Gasteiger partial charge is 0.508 e. The molecule has 2 rings (SSSR count). The van der Waals surface area contributed by atoms with Crippen LogP contribution in [-0.2, 0) is 11.3 Å². The number of phenolic OH excluding ortho intramolecular Hbond substituents is 1. The van der Waals surface area contributed by atoms with Crippen LogP contribution in [-0.4, -0.2) is 36.6 Å². The van der Waals surface area contributed by atoms with Gasteiger partial charge in [0.05, 0.1) is 13.7 Å². The second kappa shape index (κ2) is 7.65. The van der Waals surface area contributed by atoms with Gasteiger partial charge in [-0.25, -0.2) is 0 Å². The van der Waals surface area contributed by atoms with Crippen LogP contribution < -0.4 is 10.1 Å². The Hall–Kier alpha value is -2.53. The number of nitrogens with zero attached hydrogens (tertiary/aromatic N) is 1. The predicted octanol–water partition coefficient (Wildman–Crippen LogP) is 2.78. The smallest absolute Gasteiger partial charge is 0.238 e. The molecular weight excluding hydrogens is 292 g/mol. The molecule has 5 nitrogen and oxygen atoms in total. The molecule has 0 fully saturated rings. The number of rotatable bonds is 6. The van der Waals surface area contributed by atoms with Gasteiger partial charge in [0.25, 0.3) is 0 Å². The molecule has 0 aliphatic rings. The monoisotopic (exact) mass is 314 g/mol. The summed E-state index contributed by atoms with van der Waals surface area (Å²) in [6.07, 6.45) is 0. The number of phenols is 1. The number of ether oxygens (including phenoxy) is 1. The summed E-state index contributed by atoms with van der Waals surface area (Å²) in [6.45, 7) is 2.91. The molecule has 2 aromatic rings. The van der Waals surface area contributed by atoms with Crippen molar-refractivity contribution in [2.24, 2.45) is 0 Å². The maximum atomic E-state index is 12.1. The lowest BCUT2D eigenvalue weighted by Crippen LogP contribution is -2.30. The third-order valence-electron chi connectivity index (χ3n) is 3.44. The Morgan fingerprint density at radius 2 is 1.91 bits per heavy atom. The van der Waals surface area contributed by atoms with Gasteiger partial charge in [0.2, 0.25) is 5.91 Å². The summed E-state index contributed by atoms with van der Waals surface area (Å²) < 4.78 is 5.36. The Bertz CT molecular complexity index is 668. The standard InChI is InChI=1S/C18H22N2O3/c1-13-4-9-17(23-3)14(10-13)11-20(2)12-18(22)19-15-5-7-16(21)8-6-15/h4-10,21H,11-12H2,1-3H3,(H,19,22). The zero-order valence-corrected chi connectivity index (χ0v) is 13.7. The molecule has 2 N–H and O–H groups in total. The van der Waals surface area contributed by atoms with Crippen LogP contribution in [0.2, 0.25) is 0 Å². The van der Waals surface area contributed by atoms with Gasteiger partial charge in [-0.3, -0.25) is 9.69 Å². The second-order valence-electron chi connectivity index (χ2n) is 5.58. The van der Waals surface area contributed by atoms with Crippen molar-refractivity contribution < 1.29 is 14.6 Å². The van der Waals surface area contributed by atoms with Crippen molar-refractivity contribution in [3.63, 3.8) is 0 Å². The number of amides is 1. The van der Waals surface area contributed by atoms with Crippen LogP contribution in [0.5, 0.6) is 11.5 Å². The fourth-order valence-electron chi connectivity index (χ4n) is 2.37. The van der Waals surface area contributed by atoms with Crippen molar-refractivity contribution in [3.05, 3.63) is 53.6 Å². The quantitative estimate of drug-likeness (QED) is 0.805. The molecule has 23 heavy (non-hydrogen) atoms. The number of carbonyl (C=O) groups is 1. The molecule has 0 atom stereocenters. The van der Waals surface area contributed by atoms with Gasteiger partial charge in [-0.2, -0.15) is 0 Å². The van der Waals surface area contributed by atoms with Crippen molar-refractivity contribution in [1.82, 2.24) is 4.90 Å². The van der Waals surface area contributed by atoms with Crippen molar-refractivity contribution in [3.8, 4) is 11.5 Å². The summed E-state index contributed by atoms with van der Waals surface area (Å²) >= 11 is 0.